The summed E-state index contributed by atoms with van der Waals surface area (Å²) in [5, 5.41) is 0. The predicted octanol–water partition coefficient (Wildman–Crippen LogP) is 1.46. The van der Waals surface area contributed by atoms with E-state index in [9.17, 15) is 22.5 Å². The van der Waals surface area contributed by atoms with Gasteiger partial charge in [-0.2, -0.15) is 13.8 Å². The van der Waals surface area contributed by atoms with Crippen molar-refractivity contribution in [1.82, 2.24) is 19.5 Å². The van der Waals surface area contributed by atoms with Gasteiger partial charge in [0.1, 0.15) is 0 Å². The van der Waals surface area contributed by atoms with E-state index in [1.54, 1.807) is 0 Å². The second-order valence-electron chi connectivity index (χ2n) is 5.70. The van der Waals surface area contributed by atoms with Gasteiger partial charge < -0.3 is 20.1 Å². The number of imidazole rings is 1. The lowest BCUT2D eigenvalue weighted by Gasteiger charge is -2.23. The van der Waals surface area contributed by atoms with Crippen molar-refractivity contribution < 1.29 is 32.0 Å². The highest BCUT2D eigenvalue weighted by Gasteiger charge is 2.48. The average molecular weight is 419 g/mol. The van der Waals surface area contributed by atoms with Gasteiger partial charge >= 0.3 is 13.9 Å². The Labute approximate surface area is 154 Å². The number of anilines is 1. The lowest BCUT2D eigenvalue weighted by molar-refractivity contribution is -0.230. The Morgan fingerprint density at radius 3 is 2.71 bits per heavy atom. The Balaban J connectivity index is 2.00. The van der Waals surface area contributed by atoms with Gasteiger partial charge in [-0.1, -0.05) is 24.3 Å². The molecular weight excluding hydrogens is 406 g/mol. The van der Waals surface area contributed by atoms with E-state index in [0.29, 0.717) is 0 Å². The molecule has 3 rings (SSSR count). The van der Waals surface area contributed by atoms with Crippen LogP contribution in [0.2, 0.25) is 0 Å². The molecule has 1 aromatic carbocycles. The number of benzene rings is 1. The van der Waals surface area contributed by atoms with Crippen LogP contribution in [0.1, 0.15) is 17.3 Å². The summed E-state index contributed by atoms with van der Waals surface area (Å²) < 4.78 is 57.4. The Hall–Kier alpha value is -2.73. The number of aromatic amines is 1. The zero-order valence-electron chi connectivity index (χ0n) is 13.8. The minimum atomic E-state index is -5.64. The molecule has 0 aliphatic heterocycles. The highest BCUT2D eigenvalue weighted by atomic mass is 31.2. The van der Waals surface area contributed by atoms with E-state index < -0.39 is 31.2 Å². The first-order valence-electron chi connectivity index (χ1n) is 7.54. The fourth-order valence-electron chi connectivity index (χ4n) is 2.58. The molecule has 2 heterocycles. The third-order valence-corrected chi connectivity index (χ3v) is 4.18. The van der Waals surface area contributed by atoms with Crippen molar-refractivity contribution in [3.05, 3.63) is 52.1 Å². The molecular formula is C14H13F3N5O5P. The summed E-state index contributed by atoms with van der Waals surface area (Å²) in [6, 6.07) is 5.05. The molecule has 0 amide bonds. The smallest absolute Gasteiger partial charge is 0.369 e. The first-order chi connectivity index (χ1) is 13.0. The molecule has 0 spiro atoms. The van der Waals surface area contributed by atoms with Crippen LogP contribution in [0.4, 0.5) is 19.1 Å². The van der Waals surface area contributed by atoms with Gasteiger partial charge in [0.05, 0.1) is 12.9 Å². The number of phosphoric acid groups is 1. The molecule has 5 N–H and O–H groups in total. The van der Waals surface area contributed by atoms with E-state index >= 15 is 0 Å². The van der Waals surface area contributed by atoms with Gasteiger partial charge in [-0.05, 0) is 11.1 Å². The minimum Gasteiger partial charge on any atom is -0.369 e. The molecule has 14 heteroatoms. The third kappa shape index (κ3) is 4.07. The number of phosphoric ester groups is 1. The van der Waals surface area contributed by atoms with Gasteiger partial charge in [-0.15, -0.1) is 0 Å². The van der Waals surface area contributed by atoms with E-state index in [1.807, 2.05) is 0 Å². The summed E-state index contributed by atoms with van der Waals surface area (Å²) in [4.78, 5) is 39.0. The molecule has 10 nitrogen and oxygen atoms in total. The summed E-state index contributed by atoms with van der Waals surface area (Å²) in [6.45, 7) is -0.227. The molecule has 150 valence electrons. The number of nitrogens with zero attached hydrogens (tertiary/aromatic N) is 3. The van der Waals surface area contributed by atoms with Gasteiger partial charge in [0.25, 0.3) is 5.56 Å². The van der Waals surface area contributed by atoms with Crippen LogP contribution in [-0.4, -0.2) is 35.4 Å². The fraction of sp³-hybridized carbons (Fsp3) is 0.214. The average Bonchev–Trinajstić information content (AvgIpc) is 2.95. The largest absolute Gasteiger partial charge is 0.474 e. The molecule has 3 aromatic rings. The predicted molar refractivity (Wildman–Crippen MR) is 90.0 cm³/mol. The summed E-state index contributed by atoms with van der Waals surface area (Å²) in [6.07, 6.45) is -6.76. The van der Waals surface area contributed by atoms with Crippen LogP contribution in [0, 0.1) is 0 Å². The van der Waals surface area contributed by atoms with E-state index in [0.717, 1.165) is 6.07 Å². The molecule has 0 bridgehead atoms. The monoisotopic (exact) mass is 419 g/mol. The van der Waals surface area contributed by atoms with E-state index in [-0.39, 0.29) is 29.2 Å². The maximum Gasteiger partial charge on any atom is 0.474 e. The standard InChI is InChI=1S/C14H13F3N5O5P/c15-10(14(16,17)27-28(24,25)26)8-4-2-1-3-7(8)5-22-6-19-9-11(22)20-13(18)21-12(9)23/h1-4,6,10H,5H2,(H2,24,25,26)(H3,18,20,21,23). The van der Waals surface area contributed by atoms with Crippen molar-refractivity contribution in [2.45, 2.75) is 18.8 Å². The van der Waals surface area contributed by atoms with Gasteiger partial charge in [0.15, 0.2) is 11.2 Å². The lowest BCUT2D eigenvalue weighted by atomic mass is 10.0. The molecule has 0 saturated carbocycles. The molecule has 0 saturated heterocycles. The highest BCUT2D eigenvalue weighted by Crippen LogP contribution is 2.49. The van der Waals surface area contributed by atoms with Gasteiger partial charge in [-0.3, -0.25) is 9.78 Å². The zero-order valence-corrected chi connectivity index (χ0v) is 14.7. The SMILES string of the molecule is Nc1nc2c(ncn2Cc2ccccc2C(F)C(F)(F)OP(=O)(O)O)c(=O)[nH]1. The Bertz CT molecular complexity index is 1130. The van der Waals surface area contributed by atoms with Crippen LogP contribution in [0.25, 0.3) is 11.2 Å². The lowest BCUT2D eigenvalue weighted by Crippen LogP contribution is -2.27. The highest BCUT2D eigenvalue weighted by molar-refractivity contribution is 7.46. The summed E-state index contributed by atoms with van der Waals surface area (Å²) in [7, 11) is -5.64. The number of rotatable bonds is 6. The Kier molecular flexibility index (Phi) is 5.02. The minimum absolute atomic E-state index is 0.0175. The van der Waals surface area contributed by atoms with Gasteiger partial charge in [0.2, 0.25) is 12.1 Å². The van der Waals surface area contributed by atoms with Crippen molar-refractivity contribution in [2.24, 2.45) is 0 Å². The van der Waals surface area contributed by atoms with Crippen molar-refractivity contribution in [3.8, 4) is 0 Å². The van der Waals surface area contributed by atoms with Gasteiger partial charge in [0, 0.05) is 0 Å². The summed E-state index contributed by atoms with van der Waals surface area (Å²) >= 11 is 0. The van der Waals surface area contributed by atoms with Crippen LogP contribution in [0.3, 0.4) is 0 Å². The normalized spacial score (nSPS) is 13.8. The maximum atomic E-state index is 14.4. The molecule has 0 radical (unpaired) electrons. The number of H-pyrrole nitrogens is 1. The van der Waals surface area contributed by atoms with Gasteiger partial charge in [-0.25, -0.2) is 18.5 Å². The van der Waals surface area contributed by atoms with Crippen LogP contribution < -0.4 is 11.3 Å². The van der Waals surface area contributed by atoms with Crippen molar-refractivity contribution >= 4 is 24.9 Å². The van der Waals surface area contributed by atoms with Crippen LogP contribution in [0.5, 0.6) is 0 Å². The summed E-state index contributed by atoms with van der Waals surface area (Å²) in [5.41, 5.74) is 4.31. The second kappa shape index (κ2) is 7.02. The number of hydrogen-bond acceptors (Lipinski definition) is 6. The van der Waals surface area contributed by atoms with E-state index in [4.69, 9.17) is 15.5 Å². The number of nitrogens with two attached hydrogens (primary N) is 1. The molecule has 0 aliphatic carbocycles. The quantitative estimate of drug-likeness (QED) is 0.438. The second-order valence-corrected chi connectivity index (χ2v) is 6.86. The van der Waals surface area contributed by atoms with Crippen LogP contribution in [-0.2, 0) is 15.6 Å². The molecule has 1 unspecified atom stereocenters. The first-order valence-corrected chi connectivity index (χ1v) is 9.07. The summed E-state index contributed by atoms with van der Waals surface area (Å²) in [5.74, 6) is -0.197. The van der Waals surface area contributed by atoms with Crippen molar-refractivity contribution in [2.75, 3.05) is 5.73 Å². The fourth-order valence-corrected chi connectivity index (χ4v) is 2.99. The number of alkyl halides is 3. The maximum absolute atomic E-state index is 14.4. The number of hydrogen-bond donors (Lipinski definition) is 4. The number of nitrogens with one attached hydrogen (secondary N) is 1. The topological polar surface area (TPSA) is 156 Å². The van der Waals surface area contributed by atoms with Crippen LogP contribution in [0.15, 0.2) is 35.4 Å². The molecule has 1 atom stereocenters. The van der Waals surface area contributed by atoms with E-state index in [2.05, 4.69) is 19.5 Å². The number of halogens is 3. The molecule has 0 fully saturated rings. The first kappa shape index (κ1) is 20.0. The number of aromatic nitrogens is 4. The number of fused-ring (bicyclic) bond motifs is 1. The van der Waals surface area contributed by atoms with Crippen molar-refractivity contribution in [3.63, 3.8) is 0 Å². The molecule has 0 aliphatic rings. The Morgan fingerprint density at radius 1 is 1.36 bits per heavy atom. The molecule has 28 heavy (non-hydrogen) atoms. The third-order valence-electron chi connectivity index (χ3n) is 3.70. The number of nitrogen functional groups attached to an aromatic ring is 1. The van der Waals surface area contributed by atoms with E-state index in [1.165, 1.54) is 29.1 Å². The molecule has 2 aromatic heterocycles. The van der Waals surface area contributed by atoms with Crippen molar-refractivity contribution in [1.29, 1.82) is 0 Å². The zero-order chi connectivity index (χ0) is 20.7. The Morgan fingerprint density at radius 2 is 2.04 bits per heavy atom. The van der Waals surface area contributed by atoms with Crippen LogP contribution >= 0.6 is 7.82 Å².